The first-order chi connectivity index (χ1) is 21.8. The Kier molecular flexibility index (Phi) is 7.18. The molecular formula is C37H28N6O. The summed E-state index contributed by atoms with van der Waals surface area (Å²) < 4.78 is 1.91. The molecule has 5 aromatic carbocycles. The van der Waals surface area contributed by atoms with Gasteiger partial charge in [0.1, 0.15) is 5.69 Å². The van der Waals surface area contributed by atoms with Gasteiger partial charge < -0.3 is 4.57 Å². The number of nitrogens with one attached hydrogen (secondary N) is 1. The maximum Gasteiger partial charge on any atom is 0.215 e. The molecule has 0 saturated carbocycles. The van der Waals surface area contributed by atoms with E-state index in [0.717, 1.165) is 39.7 Å². The number of H-pyrrole nitrogens is 1. The smallest absolute Gasteiger partial charge is 0.215 e. The van der Waals surface area contributed by atoms with E-state index in [9.17, 15) is 4.79 Å². The SMILES string of the molecule is O=Cc1c(C(c2ccccc2)(c2ccccc2)c2ccccc2)nc(-c2nnn[nH]2)n1Cc1ccc(-c2ccccc2)cc1. The number of tetrazole rings is 1. The third-order valence-electron chi connectivity index (χ3n) is 8.05. The van der Waals surface area contributed by atoms with Gasteiger partial charge in [0.05, 0.1) is 11.1 Å². The normalized spacial score (nSPS) is 11.4. The van der Waals surface area contributed by atoms with Gasteiger partial charge in [0.25, 0.3) is 0 Å². The van der Waals surface area contributed by atoms with Gasteiger partial charge in [-0.2, -0.15) is 0 Å². The van der Waals surface area contributed by atoms with Crippen LogP contribution in [-0.4, -0.2) is 36.5 Å². The van der Waals surface area contributed by atoms with E-state index in [4.69, 9.17) is 4.98 Å². The highest BCUT2D eigenvalue weighted by Crippen LogP contribution is 2.46. The highest BCUT2D eigenvalue weighted by molar-refractivity contribution is 5.80. The van der Waals surface area contributed by atoms with E-state index in [1.54, 1.807) is 0 Å². The lowest BCUT2D eigenvalue weighted by atomic mass is 9.66. The molecular weight excluding hydrogens is 544 g/mol. The Morgan fingerprint density at radius 3 is 1.61 bits per heavy atom. The summed E-state index contributed by atoms with van der Waals surface area (Å²) in [6.45, 7) is 0.390. The summed E-state index contributed by atoms with van der Waals surface area (Å²) in [7, 11) is 0. The zero-order chi connectivity index (χ0) is 29.8. The summed E-state index contributed by atoms with van der Waals surface area (Å²) in [5.74, 6) is 0.856. The molecule has 1 N–H and O–H groups in total. The van der Waals surface area contributed by atoms with E-state index in [-0.39, 0.29) is 0 Å². The predicted octanol–water partition coefficient (Wildman–Crippen LogP) is 6.97. The van der Waals surface area contributed by atoms with Gasteiger partial charge in [0.15, 0.2) is 12.1 Å². The van der Waals surface area contributed by atoms with E-state index >= 15 is 0 Å². The van der Waals surface area contributed by atoms with Crippen molar-refractivity contribution in [2.24, 2.45) is 0 Å². The number of imidazole rings is 1. The number of aromatic amines is 1. The zero-order valence-electron chi connectivity index (χ0n) is 23.8. The van der Waals surface area contributed by atoms with Crippen molar-refractivity contribution >= 4 is 6.29 Å². The largest absolute Gasteiger partial charge is 0.314 e. The fraction of sp³-hybridized carbons (Fsp3) is 0.0541. The van der Waals surface area contributed by atoms with Crippen LogP contribution in [0, 0.1) is 0 Å². The molecule has 0 spiro atoms. The number of hydrogen-bond donors (Lipinski definition) is 1. The van der Waals surface area contributed by atoms with Crippen LogP contribution in [0.3, 0.4) is 0 Å². The van der Waals surface area contributed by atoms with Crippen molar-refractivity contribution in [2.45, 2.75) is 12.0 Å². The summed E-state index contributed by atoms with van der Waals surface area (Å²) in [6.07, 6.45) is 0.900. The van der Waals surface area contributed by atoms with Crippen LogP contribution in [0.25, 0.3) is 22.8 Å². The molecule has 0 fully saturated rings. The fourth-order valence-corrected chi connectivity index (χ4v) is 6.05. The standard InChI is InChI=1S/C37H28N6O/c44-26-33-34(37(30-15-7-2-8-16-30,31-17-9-3-10-18-31)32-19-11-4-12-20-32)38-36(35-39-41-42-40-35)43(33)25-27-21-23-29(24-22-27)28-13-5-1-6-14-28/h1-24,26H,25H2,(H,39,40,41,42). The molecule has 0 aliphatic rings. The van der Waals surface area contributed by atoms with Crippen molar-refractivity contribution in [2.75, 3.05) is 0 Å². The Morgan fingerprint density at radius 2 is 1.14 bits per heavy atom. The second kappa shape index (κ2) is 11.7. The molecule has 44 heavy (non-hydrogen) atoms. The third kappa shape index (κ3) is 4.70. The van der Waals surface area contributed by atoms with E-state index in [1.807, 2.05) is 77.4 Å². The number of nitrogens with zero attached hydrogens (tertiary/aromatic N) is 5. The number of aldehydes is 1. The number of aromatic nitrogens is 6. The van der Waals surface area contributed by atoms with Crippen LogP contribution in [0.2, 0.25) is 0 Å². The van der Waals surface area contributed by atoms with E-state index < -0.39 is 5.41 Å². The van der Waals surface area contributed by atoms with Crippen molar-refractivity contribution in [1.82, 2.24) is 30.2 Å². The summed E-state index contributed by atoms with van der Waals surface area (Å²) in [5.41, 5.74) is 6.36. The highest BCUT2D eigenvalue weighted by atomic mass is 16.1. The quantitative estimate of drug-likeness (QED) is 0.149. The van der Waals surface area contributed by atoms with Crippen LogP contribution in [-0.2, 0) is 12.0 Å². The third-order valence-corrected chi connectivity index (χ3v) is 8.05. The van der Waals surface area contributed by atoms with Crippen LogP contribution < -0.4 is 0 Å². The number of hydrogen-bond acceptors (Lipinski definition) is 5. The Hall–Kier alpha value is -5.95. The average Bonchev–Trinajstić information content (AvgIpc) is 3.76. The van der Waals surface area contributed by atoms with Crippen molar-refractivity contribution in [3.05, 3.63) is 179 Å². The van der Waals surface area contributed by atoms with Gasteiger partial charge >= 0.3 is 0 Å². The van der Waals surface area contributed by atoms with Gasteiger partial charge in [0.2, 0.25) is 5.82 Å². The number of benzene rings is 5. The van der Waals surface area contributed by atoms with E-state index in [1.165, 1.54) is 0 Å². The Labute approximate surface area is 254 Å². The van der Waals surface area contributed by atoms with Gasteiger partial charge in [-0.1, -0.05) is 146 Å². The summed E-state index contributed by atoms with van der Waals surface area (Å²) >= 11 is 0. The van der Waals surface area contributed by atoms with E-state index in [2.05, 4.69) is 93.4 Å². The maximum absolute atomic E-state index is 13.3. The van der Waals surface area contributed by atoms with Crippen LogP contribution in [0.5, 0.6) is 0 Å². The molecule has 0 radical (unpaired) electrons. The molecule has 7 aromatic rings. The topological polar surface area (TPSA) is 89.3 Å². The van der Waals surface area contributed by atoms with Crippen molar-refractivity contribution in [3.8, 4) is 22.8 Å². The minimum absolute atomic E-state index is 0.378. The molecule has 212 valence electrons. The number of carbonyl (C=O) groups is 1. The first-order valence-electron chi connectivity index (χ1n) is 14.4. The molecule has 0 amide bonds. The average molecular weight is 573 g/mol. The Balaban J connectivity index is 1.48. The zero-order valence-corrected chi connectivity index (χ0v) is 23.8. The number of rotatable bonds is 9. The number of carbonyl (C=O) groups excluding carboxylic acids is 1. The van der Waals surface area contributed by atoms with Crippen LogP contribution in [0.4, 0.5) is 0 Å². The lowest BCUT2D eigenvalue weighted by Gasteiger charge is -2.35. The maximum atomic E-state index is 13.3. The molecule has 0 saturated heterocycles. The molecule has 7 nitrogen and oxygen atoms in total. The molecule has 0 bridgehead atoms. The Morgan fingerprint density at radius 1 is 0.636 bits per heavy atom. The molecule has 0 aliphatic carbocycles. The lowest BCUT2D eigenvalue weighted by molar-refractivity contribution is 0.111. The molecule has 2 heterocycles. The van der Waals surface area contributed by atoms with Crippen molar-refractivity contribution in [1.29, 1.82) is 0 Å². The van der Waals surface area contributed by atoms with Crippen LogP contribution >= 0.6 is 0 Å². The first-order valence-corrected chi connectivity index (χ1v) is 14.4. The molecule has 0 aliphatic heterocycles. The Bertz CT molecular complexity index is 1870. The minimum Gasteiger partial charge on any atom is -0.314 e. The monoisotopic (exact) mass is 572 g/mol. The molecule has 0 atom stereocenters. The van der Waals surface area contributed by atoms with Crippen LogP contribution in [0.15, 0.2) is 146 Å². The van der Waals surface area contributed by atoms with Crippen molar-refractivity contribution in [3.63, 3.8) is 0 Å². The summed E-state index contributed by atoms with van der Waals surface area (Å²) in [5, 5.41) is 14.8. The van der Waals surface area contributed by atoms with Crippen molar-refractivity contribution < 1.29 is 4.79 Å². The van der Waals surface area contributed by atoms with E-state index in [0.29, 0.717) is 29.6 Å². The molecule has 2 aromatic heterocycles. The second-order valence-corrected chi connectivity index (χ2v) is 10.5. The van der Waals surface area contributed by atoms with Crippen LogP contribution in [0.1, 0.15) is 38.4 Å². The summed E-state index contributed by atoms with van der Waals surface area (Å²) in [4.78, 5) is 18.5. The predicted molar refractivity (Wildman–Crippen MR) is 170 cm³/mol. The molecule has 7 heteroatoms. The van der Waals surface area contributed by atoms with Gasteiger partial charge in [0, 0.05) is 6.54 Å². The minimum atomic E-state index is -0.912. The first kappa shape index (κ1) is 26.9. The molecule has 7 rings (SSSR count). The highest BCUT2D eigenvalue weighted by Gasteiger charge is 2.43. The van der Waals surface area contributed by atoms with Gasteiger partial charge in [-0.05, 0) is 43.8 Å². The molecule has 0 unspecified atom stereocenters. The fourth-order valence-electron chi connectivity index (χ4n) is 6.05. The lowest BCUT2D eigenvalue weighted by Crippen LogP contribution is -2.33. The summed E-state index contributed by atoms with van der Waals surface area (Å²) in [6, 6.07) is 49.2. The van der Waals surface area contributed by atoms with Gasteiger partial charge in [-0.3, -0.25) is 4.79 Å². The second-order valence-electron chi connectivity index (χ2n) is 10.5. The van der Waals surface area contributed by atoms with Gasteiger partial charge in [-0.25, -0.2) is 10.1 Å². The van der Waals surface area contributed by atoms with Gasteiger partial charge in [-0.15, -0.1) is 5.10 Å².